The van der Waals surface area contributed by atoms with Gasteiger partial charge in [0.25, 0.3) is 23.6 Å². The summed E-state index contributed by atoms with van der Waals surface area (Å²) in [5.41, 5.74) is -1.22. The number of aliphatic hydroxyl groups is 4. The lowest BCUT2D eigenvalue weighted by Gasteiger charge is -2.29. The van der Waals surface area contributed by atoms with E-state index in [-0.39, 0.29) is 161 Å². The number of hydroxylamine groups is 2. The summed E-state index contributed by atoms with van der Waals surface area (Å²) in [6.07, 6.45) is 12.1. The molecule has 9 aliphatic heterocycles. The molecular weight excluding hydrogens is 1300 g/mol. The van der Waals surface area contributed by atoms with Crippen molar-refractivity contribution in [3.05, 3.63) is 36.5 Å². The zero-order valence-electron chi connectivity index (χ0n) is 66.9. The summed E-state index contributed by atoms with van der Waals surface area (Å²) in [5, 5.41) is 35.3. The fourth-order valence-corrected chi connectivity index (χ4v) is 11.8. The fourth-order valence-electron chi connectivity index (χ4n) is 11.8. The normalized spacial score (nSPS) is 27.0. The van der Waals surface area contributed by atoms with Crippen LogP contribution >= 0.6 is 0 Å². The third-order valence-corrected chi connectivity index (χ3v) is 17.3. The Kier molecular flexibility index (Phi) is 34.8. The van der Waals surface area contributed by atoms with E-state index in [1.54, 1.807) is 13.8 Å². The maximum atomic E-state index is 12.6. The molecule has 9 aliphatic rings. The van der Waals surface area contributed by atoms with E-state index in [0.29, 0.717) is 56.8 Å². The Balaban J connectivity index is 0.000000402. The maximum absolute atomic E-state index is 12.6. The molecule has 0 aromatic rings. The quantitative estimate of drug-likeness (QED) is 0.0777. The number of hydrogen-bond acceptors (Lipinski definition) is 20. The highest BCUT2D eigenvalue weighted by atomic mass is 16.7. The first-order valence-corrected chi connectivity index (χ1v) is 36.2. The first-order valence-electron chi connectivity index (χ1n) is 36.2. The molecule has 24 nitrogen and oxygen atoms in total. The molecule has 4 N–H and O–H groups in total. The third-order valence-electron chi connectivity index (χ3n) is 17.3. The molecular formula is C77H134N4O20. The van der Waals surface area contributed by atoms with Gasteiger partial charge >= 0.3 is 0 Å². The first-order chi connectivity index (χ1) is 45.9. The molecule has 0 saturated carbocycles. The number of rotatable bonds is 17. The molecule has 0 aromatic carbocycles. The van der Waals surface area contributed by atoms with Crippen LogP contribution in [0.15, 0.2) is 36.5 Å². The molecule has 9 rings (SSSR count). The predicted octanol–water partition coefficient (Wildman–Crippen LogP) is 10.1. The van der Waals surface area contributed by atoms with Crippen LogP contribution in [0.25, 0.3) is 0 Å². The second kappa shape index (κ2) is 38.0. The van der Waals surface area contributed by atoms with E-state index in [4.69, 9.17) is 58.4 Å². The van der Waals surface area contributed by atoms with Gasteiger partial charge in [-0.05, 0) is 116 Å². The van der Waals surface area contributed by atoms with Crippen LogP contribution in [0.4, 0.5) is 0 Å². The van der Waals surface area contributed by atoms with Crippen molar-refractivity contribution in [2.24, 2.45) is 56.7 Å². The molecule has 12 atom stereocenters. The van der Waals surface area contributed by atoms with Gasteiger partial charge in [0.2, 0.25) is 23.6 Å². The maximum Gasteiger partial charge on any atom is 0.255 e. The molecule has 8 unspecified atom stereocenters. The van der Waals surface area contributed by atoms with Crippen LogP contribution in [-0.4, -0.2) is 212 Å². The molecule has 0 radical (unpaired) electrons. The smallest absolute Gasteiger partial charge is 0.255 e. The number of carbonyl (C=O) groups is 8. The molecule has 0 spiro atoms. The Bertz CT molecular complexity index is 2710. The third kappa shape index (κ3) is 28.9. The molecule has 24 heteroatoms. The summed E-state index contributed by atoms with van der Waals surface area (Å²) < 4.78 is 39.2. The van der Waals surface area contributed by atoms with Crippen molar-refractivity contribution in [2.45, 2.75) is 291 Å². The number of likely N-dealkylation sites (tertiary alicyclic amines) is 2. The average molecular weight is 1440 g/mol. The fraction of sp³-hybridized carbons (Fsp3) is 0.818. The number of imide groups is 4. The predicted molar refractivity (Wildman–Crippen MR) is 385 cm³/mol. The van der Waals surface area contributed by atoms with Crippen molar-refractivity contribution < 1.29 is 96.8 Å². The highest BCUT2D eigenvalue weighted by Gasteiger charge is 2.70. The summed E-state index contributed by atoms with van der Waals surface area (Å²) in [5.74, 6) is -2.23. The number of hydrogen-bond donors (Lipinski definition) is 4. The summed E-state index contributed by atoms with van der Waals surface area (Å²) in [6.45, 7) is 59.8. The average Bonchev–Trinajstić information content (AvgIpc) is 1.53. The molecule has 0 aliphatic carbocycles. The van der Waals surface area contributed by atoms with Gasteiger partial charge in [-0.2, -0.15) is 5.06 Å². The molecule has 8 amide bonds. The Morgan fingerprint density at radius 1 is 0.624 bits per heavy atom. The van der Waals surface area contributed by atoms with Gasteiger partial charge in [0.05, 0.1) is 122 Å². The van der Waals surface area contributed by atoms with Gasteiger partial charge < -0.3 is 53.6 Å². The summed E-state index contributed by atoms with van der Waals surface area (Å²) in [7, 11) is 0. The van der Waals surface area contributed by atoms with Crippen LogP contribution in [0, 0.1) is 56.7 Å². The Morgan fingerprint density at radius 2 is 1.10 bits per heavy atom. The molecule has 6 saturated heterocycles. The van der Waals surface area contributed by atoms with Crippen LogP contribution in [0.5, 0.6) is 0 Å². The summed E-state index contributed by atoms with van der Waals surface area (Å²) in [6, 6.07) is 0. The SMILES string of the molecule is CC(C)(C)C(O)CO.CC(C)(C)CCN1C(=O)[C@@H]2[C@H](C1=O)C1(C)C=CC2(C)O1.CC(C)(C)COCN1C(=O)C=CC1=O.CC(C)(C)OCCN1C(=O)[C@@H]2C3C=CC(O3)[C@@H]2C1=O.CC(C)CC(O)CO.CC(C)ON1C(=O)CCC1=O.CC1(C)COC(C(C)(C)C)O1.CCOC(CC)C(C)(C)C. The standard InChI is InChI=1S/C16H23NO3.C14H19NO4.C10H15NO3.C9H18O2.C9H20O.C7H11NO3.2C6H14O2/c1-14(2,3)8-9-17-12(18)10-11(13(17)19)16(5)7-6-15(10,4)20-16;1-14(2,3)18-7-6-15-12(16)10-8-4-5-9(19-8)11(10)13(15)17;1-10(2,3)6-14-7-11-8(12)4-5-9(11)13;1-8(2,3)7-10-6-9(4,5)11-7;1-6-8(10-7-2)9(3,4)5;1-5(2)11-8-6(9)3-4-7(8)10;1-6(2,3)5(8)4-7;1-5(2)3-6(8)4-7/h6-7,10-11H,8-9H2,1-5H3;4-5,8-11H,6-7H2,1-3H3;4-5H,6-7H2,1-3H3;7H,6H2,1-5H3;8H,6-7H2,1-5H3;5H,3-4H2,1-2H3;5,7-8H,4H2,1-3H3;5-8H,3-4H2,1-2H3/t10-,11+,15?,16?;8?,9?,10-,11+;;;;;;. The minimum absolute atomic E-state index is 0.0409. The second-order valence-electron chi connectivity index (χ2n) is 35.5. The van der Waals surface area contributed by atoms with Crippen LogP contribution in [-0.2, 0) is 76.4 Å². The van der Waals surface area contributed by atoms with Gasteiger partial charge in [0.15, 0.2) is 6.29 Å². The van der Waals surface area contributed by atoms with Gasteiger partial charge in [0.1, 0.15) is 6.73 Å². The van der Waals surface area contributed by atoms with Gasteiger partial charge in [-0.1, -0.05) is 149 Å². The van der Waals surface area contributed by atoms with E-state index in [1.807, 2.05) is 114 Å². The summed E-state index contributed by atoms with van der Waals surface area (Å²) in [4.78, 5) is 103. The molecule has 4 bridgehead atoms. The van der Waals surface area contributed by atoms with Crippen molar-refractivity contribution >= 4 is 47.3 Å². The summed E-state index contributed by atoms with van der Waals surface area (Å²) >= 11 is 0. The van der Waals surface area contributed by atoms with Crippen LogP contribution < -0.4 is 0 Å². The van der Waals surface area contributed by atoms with Gasteiger partial charge in [0, 0.05) is 43.6 Å². The van der Waals surface area contributed by atoms with Gasteiger partial charge in [-0.15, -0.1) is 0 Å². The number of fused-ring (bicyclic) bond motifs is 10. The van der Waals surface area contributed by atoms with Crippen LogP contribution in [0.1, 0.15) is 226 Å². The lowest BCUT2D eigenvalue weighted by Crippen LogP contribution is -2.40. The number of carbonyl (C=O) groups excluding carboxylic acids is 8. The van der Waals surface area contributed by atoms with Crippen molar-refractivity contribution in [1.82, 2.24) is 19.8 Å². The first kappa shape index (κ1) is 92.4. The van der Waals surface area contributed by atoms with Crippen LogP contribution in [0.3, 0.4) is 0 Å². The topological polar surface area (TPSA) is 304 Å². The van der Waals surface area contributed by atoms with Crippen LogP contribution in [0.2, 0.25) is 0 Å². The van der Waals surface area contributed by atoms with E-state index in [9.17, 15) is 38.4 Å². The molecule has 582 valence electrons. The lowest BCUT2D eigenvalue weighted by atomic mass is 9.73. The van der Waals surface area contributed by atoms with E-state index < -0.39 is 23.4 Å². The second-order valence-corrected chi connectivity index (χ2v) is 35.5. The van der Waals surface area contributed by atoms with E-state index in [1.165, 1.54) is 22.0 Å². The minimum Gasteiger partial charge on any atom is -0.394 e. The minimum atomic E-state index is -0.608. The van der Waals surface area contributed by atoms with E-state index >= 15 is 0 Å². The monoisotopic (exact) mass is 1430 g/mol. The van der Waals surface area contributed by atoms with Crippen molar-refractivity contribution in [3.63, 3.8) is 0 Å². The van der Waals surface area contributed by atoms with Crippen molar-refractivity contribution in [1.29, 1.82) is 0 Å². The number of aliphatic hydroxyl groups excluding tert-OH is 4. The molecule has 0 aromatic heterocycles. The molecule has 9 heterocycles. The van der Waals surface area contributed by atoms with Crippen molar-refractivity contribution in [2.75, 3.05) is 59.5 Å². The van der Waals surface area contributed by atoms with E-state index in [2.05, 4.69) is 90.0 Å². The zero-order chi connectivity index (χ0) is 78.2. The highest BCUT2D eigenvalue weighted by Crippen LogP contribution is 2.57. The number of amides is 8. The van der Waals surface area contributed by atoms with E-state index in [0.717, 1.165) is 29.4 Å². The molecule has 6 fully saturated rings. The van der Waals surface area contributed by atoms with Gasteiger partial charge in [-0.3, -0.25) is 57.9 Å². The lowest BCUT2D eigenvalue weighted by molar-refractivity contribution is -0.198. The Labute approximate surface area is 605 Å². The Hall–Kier alpha value is -4.70. The van der Waals surface area contributed by atoms with Gasteiger partial charge in [-0.25, -0.2) is 0 Å². The zero-order valence-corrected chi connectivity index (χ0v) is 66.9. The number of nitrogens with zero attached hydrogens (tertiary/aromatic N) is 4. The van der Waals surface area contributed by atoms with Crippen molar-refractivity contribution in [3.8, 4) is 0 Å². The Morgan fingerprint density at radius 3 is 1.41 bits per heavy atom. The number of ether oxygens (including phenoxy) is 7. The largest absolute Gasteiger partial charge is 0.394 e. The molecule has 101 heavy (non-hydrogen) atoms. The highest BCUT2D eigenvalue weighted by molar-refractivity contribution is 6.13.